The summed E-state index contributed by atoms with van der Waals surface area (Å²) in [5, 5.41) is 11.7. The maximum absolute atomic E-state index is 12.3. The highest BCUT2D eigenvalue weighted by Crippen LogP contribution is 2.13. The van der Waals surface area contributed by atoms with Gasteiger partial charge in [-0.25, -0.2) is 0 Å². The zero-order valence-corrected chi connectivity index (χ0v) is 11.2. The van der Waals surface area contributed by atoms with Gasteiger partial charge in [0.1, 0.15) is 0 Å². The molecule has 1 fully saturated rings. The van der Waals surface area contributed by atoms with Crippen LogP contribution in [0, 0.1) is 11.3 Å². The average Bonchev–Trinajstić information content (AvgIpc) is 2.30. The first-order valence-corrected chi connectivity index (χ1v) is 7.24. The summed E-state index contributed by atoms with van der Waals surface area (Å²) in [6.07, 6.45) is 0.226. The number of nitrogens with one attached hydrogen (secondary N) is 1. The molecule has 0 bridgehead atoms. The molecule has 0 aromatic heterocycles. The first-order chi connectivity index (χ1) is 8.00. The van der Waals surface area contributed by atoms with Gasteiger partial charge >= 0.3 is 0 Å². The van der Waals surface area contributed by atoms with Gasteiger partial charge in [-0.3, -0.25) is 0 Å². The van der Waals surface area contributed by atoms with Crippen molar-refractivity contribution in [2.45, 2.75) is 26.3 Å². The van der Waals surface area contributed by atoms with Crippen molar-refractivity contribution in [3.05, 3.63) is 0 Å². The van der Waals surface area contributed by atoms with Crippen molar-refractivity contribution >= 4 is 10.2 Å². The van der Waals surface area contributed by atoms with Gasteiger partial charge in [-0.15, -0.1) is 0 Å². The molecule has 1 N–H and O–H groups in total. The fourth-order valence-corrected chi connectivity index (χ4v) is 3.62. The molecule has 17 heavy (non-hydrogen) atoms. The van der Waals surface area contributed by atoms with E-state index in [0.29, 0.717) is 26.2 Å². The average molecular weight is 260 g/mol. The first-order valence-electron chi connectivity index (χ1n) is 5.84. The van der Waals surface area contributed by atoms with E-state index in [-0.39, 0.29) is 19.0 Å². The molecule has 0 atom stereocenters. The van der Waals surface area contributed by atoms with Gasteiger partial charge in [0.2, 0.25) is 0 Å². The Morgan fingerprint density at radius 1 is 1.41 bits per heavy atom. The van der Waals surface area contributed by atoms with Crippen molar-refractivity contribution in [1.82, 2.24) is 13.9 Å². The molecule has 0 aromatic rings. The van der Waals surface area contributed by atoms with Gasteiger partial charge in [-0.05, 0) is 13.8 Å². The molecular weight excluding hydrogens is 240 g/mol. The Bertz CT molecular complexity index is 368. The van der Waals surface area contributed by atoms with Crippen LogP contribution >= 0.6 is 0 Å². The minimum Gasteiger partial charge on any atom is -0.314 e. The zero-order chi connectivity index (χ0) is 12.9. The molecule has 1 heterocycles. The van der Waals surface area contributed by atoms with Crippen LogP contribution in [0.4, 0.5) is 0 Å². The lowest BCUT2D eigenvalue weighted by Crippen LogP contribution is -2.53. The standard InChI is InChI=1S/C10H20N4O2S/c1-10(2)14(7-3-4-11)17(15,16)13-8-5-12-6-9-13/h10,12H,3,5-9H2,1-2H3. The summed E-state index contributed by atoms with van der Waals surface area (Å²) in [5.41, 5.74) is 0. The van der Waals surface area contributed by atoms with Crippen LogP contribution in [0.3, 0.4) is 0 Å². The molecule has 0 aliphatic carbocycles. The highest BCUT2D eigenvalue weighted by Gasteiger charge is 2.31. The summed E-state index contributed by atoms with van der Waals surface area (Å²) in [6.45, 7) is 6.29. The molecule has 1 aliphatic heterocycles. The van der Waals surface area contributed by atoms with Crippen LogP contribution in [0.1, 0.15) is 20.3 Å². The van der Waals surface area contributed by atoms with Gasteiger partial charge in [-0.1, -0.05) is 0 Å². The van der Waals surface area contributed by atoms with Crippen LogP contribution in [0.25, 0.3) is 0 Å². The molecule has 1 aliphatic rings. The topological polar surface area (TPSA) is 76.4 Å². The van der Waals surface area contributed by atoms with Crippen molar-refractivity contribution in [2.24, 2.45) is 0 Å². The highest BCUT2D eigenvalue weighted by molar-refractivity contribution is 7.86. The van der Waals surface area contributed by atoms with E-state index in [2.05, 4.69) is 5.32 Å². The number of hydrogen-bond acceptors (Lipinski definition) is 4. The van der Waals surface area contributed by atoms with Gasteiger partial charge in [0.15, 0.2) is 0 Å². The smallest absolute Gasteiger partial charge is 0.282 e. The number of nitriles is 1. The Morgan fingerprint density at radius 3 is 2.47 bits per heavy atom. The Labute approximate surface area is 103 Å². The van der Waals surface area contributed by atoms with Gasteiger partial charge in [-0.2, -0.15) is 22.3 Å². The van der Waals surface area contributed by atoms with E-state index < -0.39 is 10.2 Å². The maximum Gasteiger partial charge on any atom is 0.282 e. The lowest BCUT2D eigenvalue weighted by Gasteiger charge is -2.34. The minimum atomic E-state index is -3.42. The Balaban J connectivity index is 2.79. The van der Waals surface area contributed by atoms with E-state index in [1.165, 1.54) is 8.61 Å². The van der Waals surface area contributed by atoms with Crippen molar-refractivity contribution in [3.63, 3.8) is 0 Å². The quantitative estimate of drug-likeness (QED) is 0.740. The van der Waals surface area contributed by atoms with Crippen LogP contribution in [-0.2, 0) is 10.2 Å². The second kappa shape index (κ2) is 6.31. The Morgan fingerprint density at radius 2 is 2.00 bits per heavy atom. The van der Waals surface area contributed by atoms with Gasteiger partial charge in [0.25, 0.3) is 10.2 Å². The van der Waals surface area contributed by atoms with E-state index in [1.54, 1.807) is 0 Å². The Kier molecular flexibility index (Phi) is 5.33. The summed E-state index contributed by atoms with van der Waals surface area (Å²) < 4.78 is 27.6. The summed E-state index contributed by atoms with van der Waals surface area (Å²) >= 11 is 0. The van der Waals surface area contributed by atoms with E-state index in [4.69, 9.17) is 5.26 Å². The second-order valence-corrected chi connectivity index (χ2v) is 6.15. The molecule has 0 unspecified atom stereocenters. The Hall–Kier alpha value is -0.680. The summed E-state index contributed by atoms with van der Waals surface area (Å²) in [4.78, 5) is 0. The minimum absolute atomic E-state index is 0.122. The number of hydrogen-bond donors (Lipinski definition) is 1. The van der Waals surface area contributed by atoms with E-state index in [1.807, 2.05) is 19.9 Å². The molecule has 1 rings (SSSR count). The molecule has 7 heteroatoms. The maximum atomic E-state index is 12.3. The molecular formula is C10H20N4O2S. The van der Waals surface area contributed by atoms with E-state index in [0.717, 1.165) is 0 Å². The lowest BCUT2D eigenvalue weighted by molar-refractivity contribution is 0.290. The predicted molar refractivity (Wildman–Crippen MR) is 65.4 cm³/mol. The molecule has 0 radical (unpaired) electrons. The number of rotatable bonds is 5. The van der Waals surface area contributed by atoms with Crippen molar-refractivity contribution in [1.29, 1.82) is 5.26 Å². The normalized spacial score (nSPS) is 18.5. The molecule has 0 amide bonds. The first kappa shape index (κ1) is 14.4. The van der Waals surface area contributed by atoms with E-state index in [9.17, 15) is 8.42 Å². The molecule has 0 aromatic carbocycles. The molecule has 1 saturated heterocycles. The highest BCUT2D eigenvalue weighted by atomic mass is 32.2. The second-order valence-electron chi connectivity index (χ2n) is 4.27. The van der Waals surface area contributed by atoms with Crippen LogP contribution in [-0.4, -0.2) is 55.8 Å². The third-order valence-electron chi connectivity index (χ3n) is 2.72. The summed E-state index contributed by atoms with van der Waals surface area (Å²) in [5.74, 6) is 0. The summed E-state index contributed by atoms with van der Waals surface area (Å²) in [7, 11) is -3.42. The van der Waals surface area contributed by atoms with Crippen molar-refractivity contribution in [3.8, 4) is 6.07 Å². The molecule has 98 valence electrons. The zero-order valence-electron chi connectivity index (χ0n) is 10.4. The lowest BCUT2D eigenvalue weighted by atomic mass is 10.3. The third-order valence-corrected chi connectivity index (χ3v) is 4.93. The van der Waals surface area contributed by atoms with Crippen LogP contribution < -0.4 is 5.32 Å². The SMILES string of the molecule is CC(C)N(CCC#N)S(=O)(=O)N1CCNCC1. The van der Waals surface area contributed by atoms with Crippen LogP contribution in [0.15, 0.2) is 0 Å². The van der Waals surface area contributed by atoms with E-state index >= 15 is 0 Å². The fourth-order valence-electron chi connectivity index (χ4n) is 1.82. The molecule has 6 nitrogen and oxygen atoms in total. The van der Waals surface area contributed by atoms with Gasteiger partial charge < -0.3 is 5.32 Å². The third kappa shape index (κ3) is 3.64. The van der Waals surface area contributed by atoms with Crippen molar-refractivity contribution in [2.75, 3.05) is 32.7 Å². The van der Waals surface area contributed by atoms with Gasteiger partial charge in [0, 0.05) is 45.2 Å². The molecule has 0 saturated carbocycles. The van der Waals surface area contributed by atoms with Crippen molar-refractivity contribution < 1.29 is 8.42 Å². The monoisotopic (exact) mass is 260 g/mol. The van der Waals surface area contributed by atoms with Crippen LogP contribution in [0.5, 0.6) is 0 Å². The number of piperazine rings is 1. The molecule has 0 spiro atoms. The largest absolute Gasteiger partial charge is 0.314 e. The fraction of sp³-hybridized carbons (Fsp3) is 0.900. The summed E-state index contributed by atoms with van der Waals surface area (Å²) in [6, 6.07) is 1.87. The van der Waals surface area contributed by atoms with Gasteiger partial charge in [0.05, 0.1) is 6.07 Å². The predicted octanol–water partition coefficient (Wildman–Crippen LogP) is -0.240. The number of nitrogens with zero attached hydrogens (tertiary/aromatic N) is 3. The van der Waals surface area contributed by atoms with Crippen LogP contribution in [0.2, 0.25) is 0 Å².